The average Bonchev–Trinajstić information content (AvgIpc) is 2.32. The molecule has 0 unspecified atom stereocenters. The number of ether oxygens (including phenoxy) is 1. The van der Waals surface area contributed by atoms with Crippen LogP contribution in [0.3, 0.4) is 0 Å². The van der Waals surface area contributed by atoms with Crippen LogP contribution in [0.25, 0.3) is 0 Å². The molecule has 0 heterocycles. The van der Waals surface area contributed by atoms with Gasteiger partial charge in [-0.1, -0.05) is 22.0 Å². The smallest absolute Gasteiger partial charge is 0.310 e. The Hall–Kier alpha value is -0.870. The predicted molar refractivity (Wildman–Crippen MR) is 73.9 cm³/mol. The number of benzene rings is 1. The van der Waals surface area contributed by atoms with Gasteiger partial charge in [0.2, 0.25) is 0 Å². The van der Waals surface area contributed by atoms with Crippen molar-refractivity contribution in [2.45, 2.75) is 19.8 Å². The van der Waals surface area contributed by atoms with Crippen LogP contribution in [0.15, 0.2) is 22.7 Å². The summed E-state index contributed by atoms with van der Waals surface area (Å²) in [7, 11) is 0. The summed E-state index contributed by atoms with van der Waals surface area (Å²) in [5.41, 5.74) is 1.61. The zero-order valence-corrected chi connectivity index (χ0v) is 12.4. The van der Waals surface area contributed by atoms with Gasteiger partial charge < -0.3 is 4.74 Å². The molecule has 0 aromatic heterocycles. The van der Waals surface area contributed by atoms with E-state index >= 15 is 0 Å². The third-order valence-corrected chi connectivity index (χ3v) is 3.14. The number of ketones is 1. The second kappa shape index (κ2) is 7.54. The Bertz CT molecular complexity index is 446. The summed E-state index contributed by atoms with van der Waals surface area (Å²) in [6.45, 7) is 2.11. The first kappa shape index (κ1) is 15.2. The lowest BCUT2D eigenvalue weighted by atomic mass is 10.0. The van der Waals surface area contributed by atoms with Crippen LogP contribution < -0.4 is 0 Å². The zero-order valence-electron chi connectivity index (χ0n) is 10.0. The lowest BCUT2D eigenvalue weighted by molar-refractivity contribution is -0.142. The molecule has 0 N–H and O–H groups in total. The largest absolute Gasteiger partial charge is 0.466 e. The Balaban J connectivity index is 2.89. The molecular formula is C13H14BrClO3. The van der Waals surface area contributed by atoms with Gasteiger partial charge in [-0.2, -0.15) is 0 Å². The minimum Gasteiger partial charge on any atom is -0.466 e. The fraction of sp³-hybridized carbons (Fsp3) is 0.385. The van der Waals surface area contributed by atoms with E-state index in [4.69, 9.17) is 16.3 Å². The highest BCUT2D eigenvalue weighted by Crippen LogP contribution is 2.18. The lowest BCUT2D eigenvalue weighted by Crippen LogP contribution is -2.12. The molecule has 1 aromatic carbocycles. The molecule has 0 aliphatic carbocycles. The van der Waals surface area contributed by atoms with E-state index in [0.29, 0.717) is 6.61 Å². The third-order valence-electron chi connectivity index (χ3n) is 2.35. The number of hydrogen-bond donors (Lipinski definition) is 0. The van der Waals surface area contributed by atoms with Gasteiger partial charge in [0.05, 0.1) is 18.9 Å². The predicted octanol–water partition coefficient (Wildman–Crippen LogP) is 2.91. The van der Waals surface area contributed by atoms with E-state index in [1.807, 2.05) is 18.2 Å². The standard InChI is InChI=1S/C13H14BrClO3/c1-2-18-13(17)7-10-5-11(14)4-3-9(10)6-12(16)8-15/h3-5H,2,6-8H2,1H3. The van der Waals surface area contributed by atoms with Gasteiger partial charge in [-0.15, -0.1) is 11.6 Å². The number of Topliss-reactive ketones (excluding diaryl/α,β-unsaturated/α-hetero) is 1. The first-order valence-electron chi connectivity index (χ1n) is 5.57. The maximum atomic E-state index is 11.5. The van der Waals surface area contributed by atoms with E-state index in [0.717, 1.165) is 15.6 Å². The third kappa shape index (κ3) is 4.78. The number of hydrogen-bond acceptors (Lipinski definition) is 3. The molecule has 98 valence electrons. The van der Waals surface area contributed by atoms with Crippen molar-refractivity contribution in [1.82, 2.24) is 0 Å². The van der Waals surface area contributed by atoms with Crippen LogP contribution in [0.5, 0.6) is 0 Å². The topological polar surface area (TPSA) is 43.4 Å². The number of alkyl halides is 1. The number of rotatable bonds is 6. The second-order valence-electron chi connectivity index (χ2n) is 3.74. The minimum atomic E-state index is -0.296. The Kier molecular flexibility index (Phi) is 6.36. The SMILES string of the molecule is CCOC(=O)Cc1cc(Br)ccc1CC(=O)CCl. The van der Waals surface area contributed by atoms with Crippen molar-refractivity contribution in [3.63, 3.8) is 0 Å². The van der Waals surface area contributed by atoms with Crippen LogP contribution in [-0.2, 0) is 27.2 Å². The number of esters is 1. The van der Waals surface area contributed by atoms with Crippen LogP contribution in [0.4, 0.5) is 0 Å². The summed E-state index contributed by atoms with van der Waals surface area (Å²) in [6, 6.07) is 5.49. The molecule has 0 bridgehead atoms. The van der Waals surface area contributed by atoms with Gasteiger partial charge in [0.25, 0.3) is 0 Å². The average molecular weight is 334 g/mol. The number of carbonyl (C=O) groups excluding carboxylic acids is 2. The van der Waals surface area contributed by atoms with Crippen LogP contribution in [0.1, 0.15) is 18.1 Å². The van der Waals surface area contributed by atoms with E-state index in [-0.39, 0.29) is 30.5 Å². The Morgan fingerprint density at radius 2 is 2.00 bits per heavy atom. The molecule has 0 saturated carbocycles. The van der Waals surface area contributed by atoms with E-state index in [2.05, 4.69) is 15.9 Å². The highest BCUT2D eigenvalue weighted by atomic mass is 79.9. The van der Waals surface area contributed by atoms with E-state index < -0.39 is 0 Å². The molecule has 0 spiro atoms. The molecule has 0 atom stereocenters. The molecule has 1 aromatic rings. The van der Waals surface area contributed by atoms with Crippen LogP contribution in [0, 0.1) is 0 Å². The highest BCUT2D eigenvalue weighted by Gasteiger charge is 2.12. The van der Waals surface area contributed by atoms with E-state index in [1.54, 1.807) is 6.92 Å². The molecular weight excluding hydrogens is 319 g/mol. The second-order valence-corrected chi connectivity index (χ2v) is 4.93. The van der Waals surface area contributed by atoms with Gasteiger partial charge >= 0.3 is 5.97 Å². The van der Waals surface area contributed by atoms with Gasteiger partial charge in [-0.25, -0.2) is 0 Å². The maximum absolute atomic E-state index is 11.5. The van der Waals surface area contributed by atoms with Crippen LogP contribution in [0.2, 0.25) is 0 Å². The molecule has 0 radical (unpaired) electrons. The first-order chi connectivity index (χ1) is 8.56. The summed E-state index contributed by atoms with van der Waals surface area (Å²) in [6.07, 6.45) is 0.406. The van der Waals surface area contributed by atoms with Gasteiger partial charge in [0, 0.05) is 10.9 Å². The minimum absolute atomic E-state index is 0.0189. The first-order valence-corrected chi connectivity index (χ1v) is 6.90. The van der Waals surface area contributed by atoms with Crippen LogP contribution in [-0.4, -0.2) is 24.2 Å². The van der Waals surface area contributed by atoms with Crippen molar-refractivity contribution >= 4 is 39.3 Å². The van der Waals surface area contributed by atoms with E-state index in [9.17, 15) is 9.59 Å². The Morgan fingerprint density at radius 3 is 2.61 bits per heavy atom. The fourth-order valence-corrected chi connectivity index (χ4v) is 2.06. The summed E-state index contributed by atoms with van der Waals surface area (Å²) in [5, 5.41) is 0. The monoisotopic (exact) mass is 332 g/mol. The molecule has 0 amide bonds. The summed E-state index contributed by atoms with van der Waals surface area (Å²) < 4.78 is 5.77. The quantitative estimate of drug-likeness (QED) is 0.594. The van der Waals surface area contributed by atoms with E-state index in [1.165, 1.54) is 0 Å². The summed E-state index contributed by atoms with van der Waals surface area (Å²) in [4.78, 5) is 22.9. The molecule has 1 rings (SSSR count). The van der Waals surface area contributed by atoms with Gasteiger partial charge in [-0.3, -0.25) is 9.59 Å². The summed E-state index contributed by atoms with van der Waals surface area (Å²) in [5.74, 6) is -0.381. The zero-order chi connectivity index (χ0) is 13.5. The lowest BCUT2D eigenvalue weighted by Gasteiger charge is -2.09. The summed E-state index contributed by atoms with van der Waals surface area (Å²) >= 11 is 8.84. The van der Waals surface area contributed by atoms with Crippen molar-refractivity contribution in [1.29, 1.82) is 0 Å². The van der Waals surface area contributed by atoms with Crippen molar-refractivity contribution in [3.8, 4) is 0 Å². The molecule has 5 heteroatoms. The van der Waals surface area contributed by atoms with Crippen molar-refractivity contribution in [3.05, 3.63) is 33.8 Å². The van der Waals surface area contributed by atoms with Crippen molar-refractivity contribution in [2.24, 2.45) is 0 Å². The maximum Gasteiger partial charge on any atom is 0.310 e. The van der Waals surface area contributed by atoms with Crippen molar-refractivity contribution < 1.29 is 14.3 Å². The van der Waals surface area contributed by atoms with Crippen LogP contribution >= 0.6 is 27.5 Å². The number of carbonyl (C=O) groups is 2. The van der Waals surface area contributed by atoms with Crippen molar-refractivity contribution in [2.75, 3.05) is 12.5 Å². The molecule has 0 aliphatic rings. The normalized spacial score (nSPS) is 10.2. The van der Waals surface area contributed by atoms with Gasteiger partial charge in [-0.05, 0) is 30.2 Å². The van der Waals surface area contributed by atoms with Gasteiger partial charge in [0.15, 0.2) is 5.78 Å². The van der Waals surface area contributed by atoms with Gasteiger partial charge in [0.1, 0.15) is 0 Å². The molecule has 18 heavy (non-hydrogen) atoms. The molecule has 0 saturated heterocycles. The highest BCUT2D eigenvalue weighted by molar-refractivity contribution is 9.10. The Morgan fingerprint density at radius 1 is 1.28 bits per heavy atom. The molecule has 0 aliphatic heterocycles. The molecule has 0 fully saturated rings. The molecule has 3 nitrogen and oxygen atoms in total. The Labute approximate surface area is 120 Å². The number of halogens is 2. The fourth-order valence-electron chi connectivity index (χ4n) is 1.56.